The van der Waals surface area contributed by atoms with Gasteiger partial charge in [-0.1, -0.05) is 44.7 Å². The summed E-state index contributed by atoms with van der Waals surface area (Å²) in [7, 11) is 0. The van der Waals surface area contributed by atoms with Crippen molar-refractivity contribution in [1.82, 2.24) is 9.55 Å². The minimum absolute atomic E-state index is 0.132. The van der Waals surface area contributed by atoms with E-state index < -0.39 is 12.0 Å². The lowest BCUT2D eigenvalue weighted by Gasteiger charge is -2.30. The van der Waals surface area contributed by atoms with Gasteiger partial charge in [-0.2, -0.15) is 0 Å². The Labute approximate surface area is 206 Å². The molecule has 0 bridgehead atoms. The number of carbonyl (C=O) groups excluding carboxylic acids is 1. The summed E-state index contributed by atoms with van der Waals surface area (Å²) in [6.45, 7) is 13.1. The van der Waals surface area contributed by atoms with E-state index in [2.05, 4.69) is 25.7 Å². The highest BCUT2D eigenvalue weighted by Gasteiger charge is 2.35. The van der Waals surface area contributed by atoms with Gasteiger partial charge in [0.05, 0.1) is 35.9 Å². The fraction of sp³-hybridized carbons (Fsp3) is 0.357. The molecule has 1 N–H and O–H groups in total. The van der Waals surface area contributed by atoms with Gasteiger partial charge in [0.15, 0.2) is 11.5 Å². The van der Waals surface area contributed by atoms with Crippen LogP contribution in [0, 0.1) is 5.92 Å². The summed E-state index contributed by atoms with van der Waals surface area (Å²) in [5, 5.41) is 3.29. The molecule has 4 rings (SSSR count). The number of fused-ring (bicyclic) bond motifs is 3. The first-order chi connectivity index (χ1) is 16.9. The van der Waals surface area contributed by atoms with E-state index in [0.717, 1.165) is 23.0 Å². The maximum absolute atomic E-state index is 13.2. The number of hydrogen-bond acceptors (Lipinski definition) is 6. The summed E-state index contributed by atoms with van der Waals surface area (Å²) < 4.78 is 19.5. The molecule has 3 aromatic rings. The molecule has 1 aliphatic heterocycles. The largest absolute Gasteiger partial charge is 0.490 e. The topological polar surface area (TPSA) is 74.6 Å². The number of carbonyl (C=O) groups is 1. The molecule has 0 spiro atoms. The van der Waals surface area contributed by atoms with Crippen LogP contribution in [0.25, 0.3) is 11.0 Å². The first kappa shape index (κ1) is 24.4. The molecule has 0 saturated heterocycles. The van der Waals surface area contributed by atoms with Crippen molar-refractivity contribution in [2.45, 2.75) is 40.2 Å². The maximum atomic E-state index is 13.2. The molecule has 35 heavy (non-hydrogen) atoms. The predicted molar refractivity (Wildman–Crippen MR) is 138 cm³/mol. The summed E-state index contributed by atoms with van der Waals surface area (Å²) >= 11 is 0. The number of aromatic nitrogens is 2. The molecule has 1 aromatic heterocycles. The highest BCUT2D eigenvalue weighted by atomic mass is 16.5. The van der Waals surface area contributed by atoms with Crippen LogP contribution < -0.4 is 14.8 Å². The molecule has 7 nitrogen and oxygen atoms in total. The average molecular weight is 476 g/mol. The molecule has 0 saturated carbocycles. The number of benzene rings is 2. The number of esters is 1. The Hall–Kier alpha value is -3.74. The zero-order valence-electron chi connectivity index (χ0n) is 20.8. The number of ether oxygens (including phenoxy) is 3. The molecule has 2 aromatic carbocycles. The van der Waals surface area contributed by atoms with Gasteiger partial charge < -0.3 is 19.5 Å². The highest BCUT2D eigenvalue weighted by Crippen LogP contribution is 2.42. The second-order valence-electron chi connectivity index (χ2n) is 8.92. The van der Waals surface area contributed by atoms with E-state index in [1.54, 1.807) is 6.08 Å². The lowest BCUT2D eigenvalue weighted by Crippen LogP contribution is -2.29. The molecule has 0 aliphatic carbocycles. The van der Waals surface area contributed by atoms with Gasteiger partial charge >= 0.3 is 5.97 Å². The van der Waals surface area contributed by atoms with Crippen molar-refractivity contribution in [2.75, 3.05) is 25.1 Å². The molecular weight excluding hydrogens is 442 g/mol. The van der Waals surface area contributed by atoms with Crippen molar-refractivity contribution in [3.05, 3.63) is 72.0 Å². The maximum Gasteiger partial charge on any atom is 0.338 e. The van der Waals surface area contributed by atoms with Gasteiger partial charge in [0, 0.05) is 5.70 Å². The normalized spacial score (nSPS) is 15.1. The molecule has 0 radical (unpaired) electrons. The van der Waals surface area contributed by atoms with E-state index in [0.29, 0.717) is 47.8 Å². The number of allylic oxidation sites excluding steroid dienone is 1. The third-order valence-corrected chi connectivity index (χ3v) is 5.92. The van der Waals surface area contributed by atoms with Gasteiger partial charge in [0.1, 0.15) is 6.61 Å². The van der Waals surface area contributed by atoms with E-state index >= 15 is 0 Å². The third-order valence-electron chi connectivity index (χ3n) is 5.92. The van der Waals surface area contributed by atoms with Crippen LogP contribution in [-0.4, -0.2) is 35.3 Å². The van der Waals surface area contributed by atoms with E-state index in [4.69, 9.17) is 19.2 Å². The van der Waals surface area contributed by atoms with Crippen LogP contribution >= 0.6 is 0 Å². The number of para-hydroxylation sites is 2. The van der Waals surface area contributed by atoms with Gasteiger partial charge in [-0.25, -0.2) is 9.78 Å². The monoisotopic (exact) mass is 475 g/mol. The van der Waals surface area contributed by atoms with E-state index in [1.165, 1.54) is 0 Å². The number of nitrogens with zero attached hydrogens (tertiary/aromatic N) is 2. The van der Waals surface area contributed by atoms with Crippen LogP contribution in [0.3, 0.4) is 0 Å². The summed E-state index contributed by atoms with van der Waals surface area (Å²) in [5.41, 5.74) is 3.84. The fourth-order valence-electron chi connectivity index (χ4n) is 4.24. The molecule has 0 amide bonds. The summed E-state index contributed by atoms with van der Waals surface area (Å²) in [5.74, 6) is 2.15. The van der Waals surface area contributed by atoms with E-state index in [-0.39, 0.29) is 6.61 Å². The lowest BCUT2D eigenvalue weighted by molar-refractivity contribution is -0.138. The smallest absolute Gasteiger partial charge is 0.338 e. The Bertz CT molecular complexity index is 1260. The Balaban J connectivity index is 1.83. The number of nitrogens with one attached hydrogen (secondary N) is 1. The van der Waals surface area contributed by atoms with Gasteiger partial charge in [-0.3, -0.25) is 4.57 Å². The molecule has 184 valence electrons. The Morgan fingerprint density at radius 3 is 2.74 bits per heavy atom. The zero-order chi connectivity index (χ0) is 24.9. The molecule has 1 unspecified atom stereocenters. The first-order valence-corrected chi connectivity index (χ1v) is 12.1. The van der Waals surface area contributed by atoms with E-state index in [1.807, 2.05) is 60.9 Å². The number of hydrogen-bond donors (Lipinski definition) is 1. The Kier molecular flexibility index (Phi) is 7.44. The number of rotatable bonds is 10. The van der Waals surface area contributed by atoms with Crippen LogP contribution in [0.2, 0.25) is 0 Å². The molecule has 1 atom stereocenters. The molecule has 0 fully saturated rings. The zero-order valence-corrected chi connectivity index (χ0v) is 20.8. The average Bonchev–Trinajstić information content (AvgIpc) is 3.20. The Morgan fingerprint density at radius 2 is 2.00 bits per heavy atom. The fourth-order valence-corrected chi connectivity index (χ4v) is 4.24. The first-order valence-electron chi connectivity index (χ1n) is 12.1. The van der Waals surface area contributed by atoms with Crippen molar-refractivity contribution in [3.63, 3.8) is 0 Å². The Morgan fingerprint density at radius 1 is 1.20 bits per heavy atom. The van der Waals surface area contributed by atoms with Gasteiger partial charge in [-0.15, -0.1) is 0 Å². The van der Waals surface area contributed by atoms with Crippen LogP contribution in [0.15, 0.2) is 66.4 Å². The quantitative estimate of drug-likeness (QED) is 0.292. The van der Waals surface area contributed by atoms with Gasteiger partial charge in [0.25, 0.3) is 0 Å². The van der Waals surface area contributed by atoms with Crippen molar-refractivity contribution in [3.8, 4) is 11.5 Å². The number of anilines is 1. The van der Waals surface area contributed by atoms with Crippen LogP contribution in [-0.2, 0) is 9.53 Å². The second-order valence-corrected chi connectivity index (χ2v) is 8.92. The second kappa shape index (κ2) is 10.7. The predicted octanol–water partition coefficient (Wildman–Crippen LogP) is 5.88. The molecule has 1 aliphatic rings. The summed E-state index contributed by atoms with van der Waals surface area (Å²) in [6.07, 6.45) is 2.51. The summed E-state index contributed by atoms with van der Waals surface area (Å²) in [6, 6.07) is 13.3. The van der Waals surface area contributed by atoms with Crippen LogP contribution in [0.4, 0.5) is 5.95 Å². The molecule has 7 heteroatoms. The van der Waals surface area contributed by atoms with Crippen molar-refractivity contribution in [2.24, 2.45) is 5.92 Å². The van der Waals surface area contributed by atoms with Crippen molar-refractivity contribution < 1.29 is 19.0 Å². The van der Waals surface area contributed by atoms with Crippen LogP contribution in [0.5, 0.6) is 11.5 Å². The van der Waals surface area contributed by atoms with E-state index in [9.17, 15) is 4.79 Å². The van der Waals surface area contributed by atoms with Crippen LogP contribution in [0.1, 0.15) is 45.7 Å². The minimum atomic E-state index is -0.458. The minimum Gasteiger partial charge on any atom is -0.490 e. The SMILES string of the molecule is C=CCOC(=O)C1=C(C)Nc2nc3ccccc3n2C1c1ccc(OCCC(C)C)c(OCC)c1. The van der Waals surface area contributed by atoms with Gasteiger partial charge in [-0.05, 0) is 56.0 Å². The van der Waals surface area contributed by atoms with Crippen molar-refractivity contribution >= 4 is 23.0 Å². The molecule has 2 heterocycles. The standard InChI is InChI=1S/C28H33N3O4/c1-6-15-35-27(32)25-19(5)29-28-30-21-10-8-9-11-22(21)31(28)26(25)20-12-13-23(24(17-20)33-7-2)34-16-14-18(3)4/h6,8-13,17-18,26H,1,7,14-16H2,2-5H3,(H,29,30). The third kappa shape index (κ3) is 5.04. The van der Waals surface area contributed by atoms with Crippen molar-refractivity contribution in [1.29, 1.82) is 0 Å². The summed E-state index contributed by atoms with van der Waals surface area (Å²) in [4.78, 5) is 18.0. The lowest BCUT2D eigenvalue weighted by atomic mass is 9.94. The highest BCUT2D eigenvalue weighted by molar-refractivity contribution is 5.94. The molecular formula is C28H33N3O4. The number of imidazole rings is 1. The van der Waals surface area contributed by atoms with Gasteiger partial charge in [0.2, 0.25) is 5.95 Å².